The molecule has 25 heavy (non-hydrogen) atoms. The fourth-order valence-electron chi connectivity index (χ4n) is 2.04. The molecule has 0 bridgehead atoms. The van der Waals surface area contributed by atoms with Gasteiger partial charge in [0.1, 0.15) is 0 Å². The Morgan fingerprint density at radius 2 is 2.16 bits per heavy atom. The van der Waals surface area contributed by atoms with Crippen molar-refractivity contribution in [3.05, 3.63) is 53.4 Å². The lowest BCUT2D eigenvalue weighted by Gasteiger charge is -1.95. The number of amides is 1. The Morgan fingerprint density at radius 1 is 1.40 bits per heavy atom. The molecule has 1 N–H and O–H groups in total. The number of nitrogens with one attached hydrogen (secondary N) is 1. The van der Waals surface area contributed by atoms with Crippen LogP contribution in [0.15, 0.2) is 40.1 Å². The van der Waals surface area contributed by atoms with Gasteiger partial charge >= 0.3 is 11.8 Å². The van der Waals surface area contributed by atoms with Crippen LogP contribution in [-0.2, 0) is 6.54 Å². The lowest BCUT2D eigenvalue weighted by Crippen LogP contribution is -2.18. The van der Waals surface area contributed by atoms with E-state index in [0.717, 1.165) is 17.3 Å². The van der Waals surface area contributed by atoms with Gasteiger partial charge in [0.05, 0.1) is 18.0 Å². The van der Waals surface area contributed by atoms with Crippen LogP contribution >= 0.6 is 0 Å². The number of carbonyl (C=O) groups is 1. The second-order valence-corrected chi connectivity index (χ2v) is 5.19. The molecule has 2 aromatic heterocycles. The van der Waals surface area contributed by atoms with E-state index in [4.69, 9.17) is 4.52 Å². The molecule has 1 amide bonds. The van der Waals surface area contributed by atoms with E-state index in [2.05, 4.69) is 25.8 Å². The van der Waals surface area contributed by atoms with Crippen molar-refractivity contribution in [1.82, 2.24) is 25.3 Å². The molecule has 0 radical (unpaired) electrons. The van der Waals surface area contributed by atoms with Gasteiger partial charge in [-0.3, -0.25) is 4.79 Å². The lowest BCUT2D eigenvalue weighted by molar-refractivity contribution is 0.0911. The summed E-state index contributed by atoms with van der Waals surface area (Å²) in [6.45, 7) is 4.12. The Balaban J connectivity index is 1.66. The van der Waals surface area contributed by atoms with Crippen LogP contribution in [0.1, 0.15) is 28.7 Å². The van der Waals surface area contributed by atoms with Crippen molar-refractivity contribution in [3.8, 4) is 11.4 Å². The Morgan fingerprint density at radius 3 is 2.84 bits per heavy atom. The Hall–Kier alpha value is -3.36. The van der Waals surface area contributed by atoms with Gasteiger partial charge in [-0.1, -0.05) is 35.0 Å². The van der Waals surface area contributed by atoms with E-state index in [1.807, 2.05) is 31.2 Å². The average Bonchev–Trinajstić information content (AvgIpc) is 3.23. The molecule has 3 aromatic rings. The fraction of sp³-hybridized carbons (Fsp3) is 0.188. The van der Waals surface area contributed by atoms with E-state index >= 15 is 0 Å². The number of nitrogens with zero attached hydrogens (tertiary/aromatic N) is 5. The highest BCUT2D eigenvalue weighted by molar-refractivity contribution is 5.91. The third kappa shape index (κ3) is 3.60. The van der Waals surface area contributed by atoms with Crippen LogP contribution < -0.4 is 5.43 Å². The summed E-state index contributed by atoms with van der Waals surface area (Å²) in [6.07, 6.45) is 2.47. The number of rotatable bonds is 5. The highest BCUT2D eigenvalue weighted by atomic mass is 19.1. The topological polar surface area (TPSA) is 98.2 Å². The van der Waals surface area contributed by atoms with Crippen molar-refractivity contribution >= 4 is 12.1 Å². The summed E-state index contributed by atoms with van der Waals surface area (Å²) in [5.41, 5.74) is 4.19. The molecule has 2 heterocycles. The maximum atomic E-state index is 13.8. The van der Waals surface area contributed by atoms with Crippen molar-refractivity contribution < 1.29 is 13.7 Å². The SMILES string of the molecule is CCn1ncc(/C=N/NC(=O)c2nc(-c3ccc(C)cc3)no2)c1F. The largest absolute Gasteiger partial charge is 0.329 e. The van der Waals surface area contributed by atoms with Gasteiger partial charge in [0.2, 0.25) is 11.8 Å². The van der Waals surface area contributed by atoms with E-state index < -0.39 is 11.9 Å². The van der Waals surface area contributed by atoms with Crippen LogP contribution in [0.3, 0.4) is 0 Å². The summed E-state index contributed by atoms with van der Waals surface area (Å²) in [5, 5.41) is 11.3. The second kappa shape index (κ2) is 7.04. The van der Waals surface area contributed by atoms with Crippen LogP contribution in [0.25, 0.3) is 11.4 Å². The van der Waals surface area contributed by atoms with Crippen molar-refractivity contribution in [3.63, 3.8) is 0 Å². The van der Waals surface area contributed by atoms with Crippen LogP contribution in [0.4, 0.5) is 4.39 Å². The molecule has 0 saturated heterocycles. The molecule has 0 spiro atoms. The minimum Gasteiger partial charge on any atom is -0.328 e. The predicted octanol–water partition coefficient (Wildman–Crippen LogP) is 2.16. The standard InChI is InChI=1S/C16H15FN6O2/c1-3-23-13(17)12(9-19-23)8-18-21-15(24)16-20-14(22-25-16)11-6-4-10(2)5-7-11/h4-9H,3H2,1-2H3,(H,21,24)/b18-8+. The van der Waals surface area contributed by atoms with Gasteiger partial charge < -0.3 is 4.52 Å². The minimum absolute atomic E-state index is 0.160. The lowest BCUT2D eigenvalue weighted by atomic mass is 10.1. The quantitative estimate of drug-likeness (QED) is 0.566. The van der Waals surface area contributed by atoms with Gasteiger partial charge in [0.15, 0.2) is 0 Å². The zero-order chi connectivity index (χ0) is 17.8. The zero-order valence-electron chi connectivity index (χ0n) is 13.6. The third-order valence-corrected chi connectivity index (χ3v) is 3.40. The number of aromatic nitrogens is 4. The van der Waals surface area contributed by atoms with Gasteiger partial charge in [-0.25, -0.2) is 10.1 Å². The monoisotopic (exact) mass is 342 g/mol. The number of halogens is 1. The molecule has 1 aromatic carbocycles. The first kappa shape index (κ1) is 16.5. The average molecular weight is 342 g/mol. The summed E-state index contributed by atoms with van der Waals surface area (Å²) < 4.78 is 19.9. The second-order valence-electron chi connectivity index (χ2n) is 5.19. The van der Waals surface area contributed by atoms with Gasteiger partial charge in [0, 0.05) is 12.1 Å². The van der Waals surface area contributed by atoms with Crippen LogP contribution in [0.5, 0.6) is 0 Å². The molecule has 3 rings (SSSR count). The zero-order valence-corrected chi connectivity index (χ0v) is 13.6. The first-order valence-electron chi connectivity index (χ1n) is 7.54. The van der Waals surface area contributed by atoms with Crippen molar-refractivity contribution in [2.45, 2.75) is 20.4 Å². The molecular weight excluding hydrogens is 327 g/mol. The molecule has 9 heteroatoms. The highest BCUT2D eigenvalue weighted by Gasteiger charge is 2.15. The number of hydrogen-bond donors (Lipinski definition) is 1. The Bertz CT molecular complexity index is 913. The molecule has 0 unspecified atom stereocenters. The summed E-state index contributed by atoms with van der Waals surface area (Å²) >= 11 is 0. The number of carbonyl (C=O) groups excluding carboxylic acids is 1. The maximum absolute atomic E-state index is 13.8. The first-order valence-corrected chi connectivity index (χ1v) is 7.54. The van der Waals surface area contributed by atoms with E-state index in [-0.39, 0.29) is 11.5 Å². The molecule has 0 saturated carbocycles. The summed E-state index contributed by atoms with van der Waals surface area (Å²) in [7, 11) is 0. The highest BCUT2D eigenvalue weighted by Crippen LogP contribution is 2.16. The van der Waals surface area contributed by atoms with Crippen LogP contribution in [0.2, 0.25) is 0 Å². The Labute approximate surface area is 142 Å². The van der Waals surface area contributed by atoms with Crippen LogP contribution in [0, 0.1) is 12.9 Å². The molecule has 0 fully saturated rings. The molecule has 8 nitrogen and oxygen atoms in total. The third-order valence-electron chi connectivity index (χ3n) is 3.40. The Kier molecular flexibility index (Phi) is 4.64. The number of hydrazone groups is 1. The number of aryl methyl sites for hydroxylation is 2. The van der Waals surface area contributed by atoms with Gasteiger partial charge in [-0.05, 0) is 13.8 Å². The van der Waals surface area contributed by atoms with Crippen molar-refractivity contribution in [2.75, 3.05) is 0 Å². The van der Waals surface area contributed by atoms with Crippen molar-refractivity contribution in [2.24, 2.45) is 5.10 Å². The molecule has 0 atom stereocenters. The van der Waals surface area contributed by atoms with E-state index in [9.17, 15) is 9.18 Å². The minimum atomic E-state index is -0.689. The van der Waals surface area contributed by atoms with Gasteiger partial charge in [-0.15, -0.1) is 0 Å². The molecule has 0 aliphatic rings. The van der Waals surface area contributed by atoms with E-state index in [0.29, 0.717) is 12.4 Å². The van der Waals surface area contributed by atoms with E-state index in [1.54, 1.807) is 6.92 Å². The number of benzene rings is 1. The summed E-state index contributed by atoms with van der Waals surface area (Å²) in [4.78, 5) is 16.0. The van der Waals surface area contributed by atoms with E-state index in [1.165, 1.54) is 10.9 Å². The number of hydrogen-bond acceptors (Lipinski definition) is 6. The maximum Gasteiger partial charge on any atom is 0.329 e. The van der Waals surface area contributed by atoms with Gasteiger partial charge in [-0.2, -0.15) is 19.6 Å². The fourth-order valence-corrected chi connectivity index (χ4v) is 2.04. The molecule has 128 valence electrons. The van der Waals surface area contributed by atoms with Gasteiger partial charge in [0.25, 0.3) is 0 Å². The van der Waals surface area contributed by atoms with Crippen LogP contribution in [-0.4, -0.2) is 32.0 Å². The summed E-state index contributed by atoms with van der Waals surface area (Å²) in [5.74, 6) is -1.16. The molecular formula is C16H15FN6O2. The molecule has 0 aliphatic heterocycles. The van der Waals surface area contributed by atoms with Crippen molar-refractivity contribution in [1.29, 1.82) is 0 Å². The predicted molar refractivity (Wildman–Crippen MR) is 87.4 cm³/mol. The first-order chi connectivity index (χ1) is 12.1. The normalized spacial score (nSPS) is 11.2. The molecule has 0 aliphatic carbocycles. The summed E-state index contributed by atoms with van der Waals surface area (Å²) in [6, 6.07) is 7.46. The smallest absolute Gasteiger partial charge is 0.328 e.